The molecule has 2 aromatic carbocycles. The molecular weight excluding hydrogens is 348 g/mol. The normalized spacial score (nSPS) is 16.4. The van der Waals surface area contributed by atoms with Crippen LogP contribution in [0.15, 0.2) is 60.9 Å². The van der Waals surface area contributed by atoms with Gasteiger partial charge in [0.05, 0.1) is 22.7 Å². The first-order chi connectivity index (χ1) is 13.8. The molecular formula is C22H18N6. The highest BCUT2D eigenvalue weighted by Gasteiger charge is 2.29. The first kappa shape index (κ1) is 16.5. The molecule has 2 aromatic heterocycles. The Balaban J connectivity index is 1.44. The number of nitriles is 1. The lowest BCUT2D eigenvalue weighted by molar-refractivity contribution is 0.725. The lowest BCUT2D eigenvalue weighted by Crippen LogP contribution is -2.21. The van der Waals surface area contributed by atoms with E-state index < -0.39 is 0 Å². The molecule has 1 saturated heterocycles. The zero-order valence-electron chi connectivity index (χ0n) is 15.2. The van der Waals surface area contributed by atoms with Crippen LogP contribution in [-0.4, -0.2) is 33.0 Å². The predicted octanol–water partition coefficient (Wildman–Crippen LogP) is 3.89. The second kappa shape index (κ2) is 6.78. The minimum Gasteiger partial charge on any atom is -0.354 e. The maximum absolute atomic E-state index is 9.09. The second-order valence-corrected chi connectivity index (χ2v) is 6.99. The fourth-order valence-corrected chi connectivity index (χ4v) is 3.83. The van der Waals surface area contributed by atoms with Crippen LogP contribution in [0.25, 0.3) is 22.3 Å². The Morgan fingerprint density at radius 3 is 2.79 bits per heavy atom. The quantitative estimate of drug-likeness (QED) is 0.595. The minimum atomic E-state index is 0.295. The number of nitrogens with one attached hydrogen (secondary N) is 1. The minimum absolute atomic E-state index is 0.295. The highest BCUT2D eigenvalue weighted by Crippen LogP contribution is 2.33. The number of nitrogens with zero attached hydrogens (tertiary/aromatic N) is 5. The van der Waals surface area contributed by atoms with E-state index in [9.17, 15) is 0 Å². The number of aromatic amines is 1. The van der Waals surface area contributed by atoms with Gasteiger partial charge in [-0.3, -0.25) is 4.98 Å². The Labute approximate surface area is 162 Å². The SMILES string of the molecule is N#Cc1ccc2nc(C3CCN(c4nccnc4-c4ccccc4)C3)[nH]c2c1. The van der Waals surface area contributed by atoms with Crippen LogP contribution in [0, 0.1) is 11.3 Å². The van der Waals surface area contributed by atoms with E-state index in [-0.39, 0.29) is 0 Å². The molecule has 0 aliphatic carbocycles. The molecule has 0 radical (unpaired) electrons. The Kier molecular flexibility index (Phi) is 3.99. The zero-order chi connectivity index (χ0) is 18.9. The van der Waals surface area contributed by atoms with Crippen LogP contribution in [0.5, 0.6) is 0 Å². The molecule has 1 fully saturated rings. The highest BCUT2D eigenvalue weighted by atomic mass is 15.2. The third-order valence-corrected chi connectivity index (χ3v) is 5.23. The van der Waals surface area contributed by atoms with Crippen LogP contribution in [0.2, 0.25) is 0 Å². The number of fused-ring (bicyclic) bond motifs is 1. The molecule has 6 heteroatoms. The number of rotatable bonds is 3. The van der Waals surface area contributed by atoms with Gasteiger partial charge in [0, 0.05) is 37.0 Å². The molecule has 1 N–H and O–H groups in total. The topological polar surface area (TPSA) is 81.5 Å². The van der Waals surface area contributed by atoms with Crippen LogP contribution < -0.4 is 4.90 Å². The smallest absolute Gasteiger partial charge is 0.155 e. The van der Waals surface area contributed by atoms with Gasteiger partial charge in [0.15, 0.2) is 5.82 Å². The monoisotopic (exact) mass is 366 g/mol. The van der Waals surface area contributed by atoms with Crippen molar-refractivity contribution in [1.29, 1.82) is 5.26 Å². The summed E-state index contributed by atoms with van der Waals surface area (Å²) in [5.74, 6) is 2.18. The van der Waals surface area contributed by atoms with Gasteiger partial charge in [-0.05, 0) is 24.6 Å². The van der Waals surface area contributed by atoms with E-state index in [1.807, 2.05) is 30.3 Å². The molecule has 1 aliphatic heterocycles. The number of anilines is 1. The van der Waals surface area contributed by atoms with E-state index in [1.165, 1.54) is 0 Å². The summed E-state index contributed by atoms with van der Waals surface area (Å²) in [6.07, 6.45) is 4.49. The lowest BCUT2D eigenvalue weighted by atomic mass is 10.1. The van der Waals surface area contributed by atoms with Gasteiger partial charge < -0.3 is 9.88 Å². The molecule has 4 aromatic rings. The van der Waals surface area contributed by atoms with Crippen molar-refractivity contribution in [1.82, 2.24) is 19.9 Å². The van der Waals surface area contributed by atoms with Gasteiger partial charge >= 0.3 is 0 Å². The fourth-order valence-electron chi connectivity index (χ4n) is 3.83. The number of H-pyrrole nitrogens is 1. The molecule has 5 rings (SSSR count). The summed E-state index contributed by atoms with van der Waals surface area (Å²) in [5, 5.41) is 9.09. The molecule has 136 valence electrons. The number of aromatic nitrogens is 4. The molecule has 3 heterocycles. The maximum Gasteiger partial charge on any atom is 0.155 e. The molecule has 6 nitrogen and oxygen atoms in total. The van der Waals surface area contributed by atoms with E-state index in [1.54, 1.807) is 18.5 Å². The van der Waals surface area contributed by atoms with Crippen molar-refractivity contribution in [3.05, 3.63) is 72.3 Å². The van der Waals surface area contributed by atoms with Crippen molar-refractivity contribution >= 4 is 16.9 Å². The maximum atomic E-state index is 9.09. The Bertz CT molecular complexity index is 1170. The molecule has 1 aliphatic rings. The van der Waals surface area contributed by atoms with E-state index >= 15 is 0 Å². The predicted molar refractivity (Wildman–Crippen MR) is 108 cm³/mol. The van der Waals surface area contributed by atoms with Crippen molar-refractivity contribution in [2.45, 2.75) is 12.3 Å². The summed E-state index contributed by atoms with van der Waals surface area (Å²) < 4.78 is 0. The third kappa shape index (κ3) is 2.87. The van der Waals surface area contributed by atoms with Crippen molar-refractivity contribution < 1.29 is 0 Å². The molecule has 1 unspecified atom stereocenters. The number of hydrogen-bond donors (Lipinski definition) is 1. The van der Waals surface area contributed by atoms with Crippen molar-refractivity contribution in [3.63, 3.8) is 0 Å². The van der Waals surface area contributed by atoms with Crippen LogP contribution in [-0.2, 0) is 0 Å². The van der Waals surface area contributed by atoms with Gasteiger partial charge in [0.2, 0.25) is 0 Å². The second-order valence-electron chi connectivity index (χ2n) is 6.99. The van der Waals surface area contributed by atoms with Crippen LogP contribution in [0.3, 0.4) is 0 Å². The van der Waals surface area contributed by atoms with Crippen LogP contribution in [0.1, 0.15) is 23.7 Å². The first-order valence-corrected chi connectivity index (χ1v) is 9.33. The van der Waals surface area contributed by atoms with Gasteiger partial charge in [0.25, 0.3) is 0 Å². The molecule has 0 saturated carbocycles. The van der Waals surface area contributed by atoms with Crippen LogP contribution >= 0.6 is 0 Å². The summed E-state index contributed by atoms with van der Waals surface area (Å²) in [4.78, 5) is 19.7. The Morgan fingerprint density at radius 2 is 1.93 bits per heavy atom. The molecule has 1 atom stereocenters. The molecule has 28 heavy (non-hydrogen) atoms. The van der Waals surface area contributed by atoms with Gasteiger partial charge in [0.1, 0.15) is 11.5 Å². The average Bonchev–Trinajstić information content (AvgIpc) is 3.41. The highest BCUT2D eigenvalue weighted by molar-refractivity contribution is 5.77. The molecule has 0 amide bonds. The standard InChI is InChI=1S/C22H18N6/c23-13-15-6-7-18-19(12-15)27-21(26-18)17-8-11-28(14-17)22-20(24-9-10-25-22)16-4-2-1-3-5-16/h1-7,9-10,12,17H,8,11,14H2,(H,26,27). The van der Waals surface area contributed by atoms with Gasteiger partial charge in [-0.2, -0.15) is 5.26 Å². The third-order valence-electron chi connectivity index (χ3n) is 5.23. The van der Waals surface area contributed by atoms with E-state index in [4.69, 9.17) is 10.2 Å². The summed E-state index contributed by atoms with van der Waals surface area (Å²) in [7, 11) is 0. The Morgan fingerprint density at radius 1 is 1.07 bits per heavy atom. The van der Waals surface area contributed by atoms with E-state index in [2.05, 4.69) is 38.1 Å². The van der Waals surface area contributed by atoms with Crippen molar-refractivity contribution in [3.8, 4) is 17.3 Å². The zero-order valence-corrected chi connectivity index (χ0v) is 15.2. The summed E-state index contributed by atoms with van der Waals surface area (Å²) in [5.41, 5.74) is 4.44. The molecule has 0 spiro atoms. The van der Waals surface area contributed by atoms with E-state index in [0.29, 0.717) is 11.5 Å². The van der Waals surface area contributed by atoms with Gasteiger partial charge in [-0.25, -0.2) is 9.97 Å². The fraction of sp³-hybridized carbons (Fsp3) is 0.182. The average molecular weight is 366 g/mol. The van der Waals surface area contributed by atoms with Gasteiger partial charge in [-0.15, -0.1) is 0 Å². The number of imidazole rings is 1. The lowest BCUT2D eigenvalue weighted by Gasteiger charge is -2.19. The van der Waals surface area contributed by atoms with Crippen LogP contribution in [0.4, 0.5) is 5.82 Å². The van der Waals surface area contributed by atoms with Crippen molar-refractivity contribution in [2.75, 3.05) is 18.0 Å². The van der Waals surface area contributed by atoms with Gasteiger partial charge in [-0.1, -0.05) is 30.3 Å². The van der Waals surface area contributed by atoms with Crippen molar-refractivity contribution in [2.24, 2.45) is 0 Å². The first-order valence-electron chi connectivity index (χ1n) is 9.33. The largest absolute Gasteiger partial charge is 0.354 e. The van der Waals surface area contributed by atoms with E-state index in [0.717, 1.165) is 53.4 Å². The number of benzene rings is 2. The number of hydrogen-bond acceptors (Lipinski definition) is 5. The summed E-state index contributed by atoms with van der Waals surface area (Å²) in [6.45, 7) is 1.74. The Hall–Kier alpha value is -3.72. The summed E-state index contributed by atoms with van der Waals surface area (Å²) in [6, 6.07) is 17.9. The molecule has 0 bridgehead atoms. The summed E-state index contributed by atoms with van der Waals surface area (Å²) >= 11 is 0.